The summed E-state index contributed by atoms with van der Waals surface area (Å²) in [5.74, 6) is 0. The van der Waals surface area contributed by atoms with Crippen molar-refractivity contribution in [2.75, 3.05) is 70.3 Å². The maximum absolute atomic E-state index is 2.63. The maximum atomic E-state index is 2.63. The van der Waals surface area contributed by atoms with E-state index in [2.05, 4.69) is 118 Å². The van der Waals surface area contributed by atoms with Crippen LogP contribution in [0.5, 0.6) is 0 Å². The monoisotopic (exact) mass is 581 g/mol. The molecule has 0 amide bonds. The van der Waals surface area contributed by atoms with Crippen LogP contribution in [-0.4, -0.2) is 84.7 Å². The van der Waals surface area contributed by atoms with E-state index < -0.39 is 0 Å². The second-order valence-corrected chi connectivity index (χ2v) is 13.8. The van der Waals surface area contributed by atoms with Crippen LogP contribution in [0.15, 0.2) is 72.5 Å². The summed E-state index contributed by atoms with van der Waals surface area (Å²) in [6, 6.07) is 18.6. The molecule has 2 saturated heterocycles. The predicted molar refractivity (Wildman–Crippen MR) is 183 cm³/mol. The van der Waals surface area contributed by atoms with Crippen LogP contribution in [0.4, 0.5) is 11.4 Å². The molecule has 0 bridgehead atoms. The van der Waals surface area contributed by atoms with Crippen LogP contribution >= 0.6 is 0 Å². The molecule has 43 heavy (non-hydrogen) atoms. The van der Waals surface area contributed by atoms with E-state index in [9.17, 15) is 0 Å². The van der Waals surface area contributed by atoms with Gasteiger partial charge in [-0.2, -0.15) is 4.58 Å². The van der Waals surface area contributed by atoms with Crippen molar-refractivity contribution in [1.29, 1.82) is 0 Å². The molecule has 2 aromatic carbocycles. The quantitative estimate of drug-likeness (QED) is 0.230. The van der Waals surface area contributed by atoms with Crippen molar-refractivity contribution >= 4 is 17.1 Å². The normalized spacial score (nSPS) is 24.0. The fourth-order valence-corrected chi connectivity index (χ4v) is 9.64. The Morgan fingerprint density at radius 3 is 1.79 bits per heavy atom. The van der Waals surface area contributed by atoms with Gasteiger partial charge in [-0.25, -0.2) is 0 Å². The number of allylic oxidation sites excluding steroid dienone is 4. The summed E-state index contributed by atoms with van der Waals surface area (Å²) in [7, 11) is 0. The Hall–Kier alpha value is -2.69. The molecule has 6 rings (SSSR count). The maximum Gasteiger partial charge on any atom is 0.209 e. The number of likely N-dealkylation sites (N-methyl/N-ethyl adjacent to an activating group) is 1. The predicted octanol–water partition coefficient (Wildman–Crippen LogP) is 7.56. The van der Waals surface area contributed by atoms with Crippen LogP contribution in [0.3, 0.4) is 0 Å². The molecular weight excluding hydrogens is 524 g/mol. The van der Waals surface area contributed by atoms with Crippen molar-refractivity contribution in [2.45, 2.75) is 78.1 Å². The first-order valence-electron chi connectivity index (χ1n) is 17.6. The molecule has 4 nitrogen and oxygen atoms in total. The van der Waals surface area contributed by atoms with E-state index in [-0.39, 0.29) is 10.8 Å². The standard InChI is InChI=1S/C39H57N4/c1-7-40-34-20-15-13-18-32(34)38(24-28-42(9-3,10-4)29-25-38)36(40)22-17-23-37-39(26-30-43(11-5,12-6)31-27-39)33-19-14-16-21-35(33)41(37)8-2/h13-23H,7-12,24-31H2,1-6H3/q+3. The molecule has 2 fully saturated rings. The van der Waals surface area contributed by atoms with Crippen LogP contribution < -0.4 is 4.90 Å². The summed E-state index contributed by atoms with van der Waals surface area (Å²) >= 11 is 0. The Labute approximate surface area is 262 Å². The summed E-state index contributed by atoms with van der Waals surface area (Å²) in [5.41, 5.74) is 9.31. The molecule has 4 heterocycles. The lowest BCUT2D eigenvalue weighted by molar-refractivity contribution is -0.930. The lowest BCUT2D eigenvalue weighted by Gasteiger charge is -2.47. The molecule has 230 valence electrons. The zero-order valence-corrected chi connectivity index (χ0v) is 28.0. The number of rotatable bonds is 8. The Morgan fingerprint density at radius 2 is 1.23 bits per heavy atom. The van der Waals surface area contributed by atoms with Gasteiger partial charge in [0.2, 0.25) is 5.69 Å². The second kappa shape index (κ2) is 11.7. The van der Waals surface area contributed by atoms with Gasteiger partial charge in [-0.1, -0.05) is 42.5 Å². The summed E-state index contributed by atoms with van der Waals surface area (Å²) in [6.45, 7) is 26.3. The van der Waals surface area contributed by atoms with E-state index >= 15 is 0 Å². The molecule has 0 unspecified atom stereocenters. The number of benzene rings is 2. The number of piperidine rings is 2. The minimum Gasteiger partial charge on any atom is -0.344 e. The number of quaternary nitrogens is 2. The number of anilines is 1. The van der Waals surface area contributed by atoms with Gasteiger partial charge in [0.15, 0.2) is 5.71 Å². The van der Waals surface area contributed by atoms with Crippen molar-refractivity contribution in [3.05, 3.63) is 83.6 Å². The Kier molecular flexibility index (Phi) is 8.23. The van der Waals surface area contributed by atoms with Crippen molar-refractivity contribution in [2.24, 2.45) is 0 Å². The minimum atomic E-state index is 0.124. The van der Waals surface area contributed by atoms with Crippen LogP contribution in [-0.2, 0) is 10.8 Å². The zero-order valence-electron chi connectivity index (χ0n) is 28.0. The van der Waals surface area contributed by atoms with E-state index in [1.165, 1.54) is 110 Å². The Morgan fingerprint density at radius 1 is 0.698 bits per heavy atom. The summed E-state index contributed by atoms with van der Waals surface area (Å²) in [5, 5.41) is 0. The van der Waals surface area contributed by atoms with Crippen molar-refractivity contribution in [3.63, 3.8) is 0 Å². The van der Waals surface area contributed by atoms with Gasteiger partial charge in [-0.15, -0.1) is 0 Å². The van der Waals surface area contributed by atoms with Crippen LogP contribution in [0.2, 0.25) is 0 Å². The fraction of sp³-hybridized carbons (Fsp3) is 0.564. The first kappa shape index (κ1) is 30.3. The molecule has 0 N–H and O–H groups in total. The van der Waals surface area contributed by atoms with Gasteiger partial charge in [0.05, 0.1) is 57.8 Å². The van der Waals surface area contributed by atoms with Crippen molar-refractivity contribution < 1.29 is 13.5 Å². The van der Waals surface area contributed by atoms with Gasteiger partial charge in [0.1, 0.15) is 6.54 Å². The van der Waals surface area contributed by atoms with Gasteiger partial charge in [-0.05, 0) is 59.2 Å². The Balaban J connectivity index is 1.41. The van der Waals surface area contributed by atoms with Gasteiger partial charge < -0.3 is 13.9 Å². The fourth-order valence-electron chi connectivity index (χ4n) is 9.64. The van der Waals surface area contributed by atoms with Gasteiger partial charge in [0, 0.05) is 66.7 Å². The molecule has 0 aliphatic carbocycles. The van der Waals surface area contributed by atoms with Gasteiger partial charge in [0.25, 0.3) is 0 Å². The number of likely N-dealkylation sites (tertiary alicyclic amines) is 2. The highest BCUT2D eigenvalue weighted by Gasteiger charge is 2.55. The first-order chi connectivity index (χ1) is 20.9. The van der Waals surface area contributed by atoms with E-state index in [0.29, 0.717) is 0 Å². The molecule has 0 atom stereocenters. The van der Waals surface area contributed by atoms with E-state index in [0.717, 1.165) is 13.1 Å². The van der Waals surface area contributed by atoms with E-state index in [4.69, 9.17) is 0 Å². The lowest BCUT2D eigenvalue weighted by Crippen LogP contribution is -2.57. The van der Waals surface area contributed by atoms with Crippen LogP contribution in [0.25, 0.3) is 0 Å². The SMILES string of the molecule is CCN1C(=CC=CC2=[N+](CC)c3ccccc3C23CC[N+](CC)(CC)CC3)C2(CC[N+](CC)(CC)CC2)c2ccccc21. The van der Waals surface area contributed by atoms with Crippen molar-refractivity contribution in [1.82, 2.24) is 0 Å². The Bertz CT molecular complexity index is 1400. The van der Waals surface area contributed by atoms with Crippen LogP contribution in [0.1, 0.15) is 78.4 Å². The van der Waals surface area contributed by atoms with Crippen LogP contribution in [0, 0.1) is 0 Å². The highest BCUT2D eigenvalue weighted by atomic mass is 15.4. The second-order valence-electron chi connectivity index (χ2n) is 13.8. The minimum absolute atomic E-state index is 0.124. The number of hydrogen-bond donors (Lipinski definition) is 0. The van der Waals surface area contributed by atoms with Gasteiger partial charge in [-0.3, -0.25) is 0 Å². The number of para-hydroxylation sites is 2. The third kappa shape index (κ3) is 4.58. The summed E-state index contributed by atoms with van der Waals surface area (Å²) in [4.78, 5) is 2.63. The van der Waals surface area contributed by atoms with Crippen molar-refractivity contribution in [3.8, 4) is 0 Å². The topological polar surface area (TPSA) is 6.25 Å². The summed E-state index contributed by atoms with van der Waals surface area (Å²) < 4.78 is 5.16. The average molecular weight is 582 g/mol. The smallest absolute Gasteiger partial charge is 0.209 e. The average Bonchev–Trinajstić information content (AvgIpc) is 3.48. The van der Waals surface area contributed by atoms with E-state index in [1.807, 2.05) is 0 Å². The largest absolute Gasteiger partial charge is 0.344 e. The molecule has 0 radical (unpaired) electrons. The molecule has 2 spiro atoms. The third-order valence-corrected chi connectivity index (χ3v) is 12.9. The zero-order chi connectivity index (χ0) is 30.3. The molecule has 4 aliphatic heterocycles. The molecule has 2 aromatic rings. The number of hydrogen-bond acceptors (Lipinski definition) is 1. The van der Waals surface area contributed by atoms with Gasteiger partial charge >= 0.3 is 0 Å². The number of fused-ring (bicyclic) bond motifs is 4. The molecular formula is C39H57N4+3. The molecule has 4 aliphatic rings. The highest BCUT2D eigenvalue weighted by Crippen LogP contribution is 2.54. The van der Waals surface area contributed by atoms with E-state index in [1.54, 1.807) is 11.1 Å². The highest BCUT2D eigenvalue weighted by molar-refractivity contribution is 6.04. The lowest BCUT2D eigenvalue weighted by atomic mass is 9.69. The molecule has 4 heteroatoms. The number of nitrogens with zero attached hydrogens (tertiary/aromatic N) is 4. The first-order valence-corrected chi connectivity index (χ1v) is 17.6. The molecule has 0 saturated carbocycles. The third-order valence-electron chi connectivity index (χ3n) is 12.9. The summed E-state index contributed by atoms with van der Waals surface area (Å²) in [6.07, 6.45) is 12.5. The molecule has 0 aromatic heterocycles.